The summed E-state index contributed by atoms with van der Waals surface area (Å²) in [6, 6.07) is 9.72. The quantitative estimate of drug-likeness (QED) is 0.467. The molecule has 9 heteroatoms. The van der Waals surface area contributed by atoms with E-state index < -0.39 is 5.97 Å². The van der Waals surface area contributed by atoms with Crippen LogP contribution in [0.3, 0.4) is 0 Å². The third-order valence-corrected chi connectivity index (χ3v) is 6.40. The molecule has 0 spiro atoms. The van der Waals surface area contributed by atoms with Crippen molar-refractivity contribution >= 4 is 50.5 Å². The SMILES string of the molecule is COC(=O)c1sccc1NC(=O)c1cc2c(C)nn(Cc3ccc(F)cc3)c2s1. The number of rotatable bonds is 5. The van der Waals surface area contributed by atoms with E-state index in [1.807, 2.05) is 11.6 Å². The van der Waals surface area contributed by atoms with Gasteiger partial charge in [-0.1, -0.05) is 12.1 Å². The Labute approximate surface area is 173 Å². The number of thiophene rings is 2. The number of aromatic nitrogens is 2. The van der Waals surface area contributed by atoms with Gasteiger partial charge in [-0.3, -0.25) is 9.48 Å². The van der Waals surface area contributed by atoms with E-state index in [1.165, 1.54) is 41.9 Å². The van der Waals surface area contributed by atoms with Crippen LogP contribution in [-0.4, -0.2) is 28.8 Å². The van der Waals surface area contributed by atoms with Gasteiger partial charge in [0.15, 0.2) is 0 Å². The number of aryl methyl sites for hydroxylation is 1. The number of nitrogens with zero attached hydrogens (tertiary/aromatic N) is 2. The van der Waals surface area contributed by atoms with Gasteiger partial charge in [-0.2, -0.15) is 5.10 Å². The number of methoxy groups -OCH3 is 1. The Morgan fingerprint density at radius 2 is 2.00 bits per heavy atom. The lowest BCUT2D eigenvalue weighted by Crippen LogP contribution is -2.12. The molecule has 29 heavy (non-hydrogen) atoms. The number of esters is 1. The molecule has 3 heterocycles. The molecule has 6 nitrogen and oxygen atoms in total. The smallest absolute Gasteiger partial charge is 0.350 e. The zero-order valence-corrected chi connectivity index (χ0v) is 17.2. The second-order valence-corrected chi connectivity index (χ2v) is 8.25. The summed E-state index contributed by atoms with van der Waals surface area (Å²) in [5, 5.41) is 9.92. The zero-order chi connectivity index (χ0) is 20.5. The number of carbonyl (C=O) groups excluding carboxylic acids is 2. The van der Waals surface area contributed by atoms with E-state index in [9.17, 15) is 14.0 Å². The molecule has 0 saturated heterocycles. The molecule has 0 atom stereocenters. The molecular formula is C20H16FN3O3S2. The number of hydrogen-bond acceptors (Lipinski definition) is 6. The normalized spacial score (nSPS) is 11.0. The van der Waals surface area contributed by atoms with Gasteiger partial charge in [0.05, 0.1) is 29.9 Å². The van der Waals surface area contributed by atoms with Crippen molar-refractivity contribution in [3.8, 4) is 0 Å². The van der Waals surface area contributed by atoms with Crippen LogP contribution >= 0.6 is 22.7 Å². The van der Waals surface area contributed by atoms with E-state index in [0.717, 1.165) is 21.5 Å². The first-order valence-electron chi connectivity index (χ1n) is 8.65. The van der Waals surface area contributed by atoms with Crippen molar-refractivity contribution in [2.75, 3.05) is 12.4 Å². The van der Waals surface area contributed by atoms with Crippen molar-refractivity contribution in [3.63, 3.8) is 0 Å². The molecule has 148 valence electrons. The summed E-state index contributed by atoms with van der Waals surface area (Å²) in [7, 11) is 1.30. The van der Waals surface area contributed by atoms with Crippen LogP contribution in [0.1, 0.15) is 30.6 Å². The zero-order valence-electron chi connectivity index (χ0n) is 15.6. The average molecular weight is 429 g/mol. The van der Waals surface area contributed by atoms with Gasteiger partial charge in [-0.05, 0) is 42.1 Å². The highest BCUT2D eigenvalue weighted by atomic mass is 32.1. The summed E-state index contributed by atoms with van der Waals surface area (Å²) < 4.78 is 19.7. The van der Waals surface area contributed by atoms with Crippen LogP contribution in [0, 0.1) is 12.7 Å². The van der Waals surface area contributed by atoms with Crippen molar-refractivity contribution < 1.29 is 18.7 Å². The van der Waals surface area contributed by atoms with Crippen LogP contribution in [0.2, 0.25) is 0 Å². The lowest BCUT2D eigenvalue weighted by atomic mass is 10.2. The van der Waals surface area contributed by atoms with Crippen LogP contribution in [0.4, 0.5) is 10.1 Å². The molecule has 1 amide bonds. The highest BCUT2D eigenvalue weighted by Gasteiger charge is 2.20. The molecule has 1 aromatic carbocycles. The lowest BCUT2D eigenvalue weighted by Gasteiger charge is -2.04. The largest absolute Gasteiger partial charge is 0.465 e. The Morgan fingerprint density at radius 3 is 2.72 bits per heavy atom. The standard InChI is InChI=1S/C20H16FN3O3S2/c1-11-14-9-16(18(25)22-15-7-8-28-17(15)20(26)27-2)29-19(14)24(23-11)10-12-3-5-13(21)6-4-12/h3-9H,10H2,1-2H3,(H,22,25). The maximum Gasteiger partial charge on any atom is 0.350 e. The predicted octanol–water partition coefficient (Wildman–Crippen LogP) is 4.69. The molecule has 0 unspecified atom stereocenters. The molecule has 0 fully saturated rings. The minimum Gasteiger partial charge on any atom is -0.465 e. The Morgan fingerprint density at radius 1 is 1.24 bits per heavy atom. The number of benzene rings is 1. The van der Waals surface area contributed by atoms with Crippen molar-refractivity contribution in [1.82, 2.24) is 9.78 Å². The Balaban J connectivity index is 1.60. The highest BCUT2D eigenvalue weighted by molar-refractivity contribution is 7.20. The molecule has 1 N–H and O–H groups in total. The molecule has 0 bridgehead atoms. The van der Waals surface area contributed by atoms with E-state index >= 15 is 0 Å². The fraction of sp³-hybridized carbons (Fsp3) is 0.150. The summed E-state index contributed by atoms with van der Waals surface area (Å²) in [5.41, 5.74) is 2.15. The molecular weight excluding hydrogens is 413 g/mol. The number of carbonyl (C=O) groups is 2. The van der Waals surface area contributed by atoms with Crippen LogP contribution in [0.5, 0.6) is 0 Å². The van der Waals surface area contributed by atoms with Crippen molar-refractivity contribution in [1.29, 1.82) is 0 Å². The van der Waals surface area contributed by atoms with E-state index in [1.54, 1.807) is 29.6 Å². The molecule has 0 aliphatic rings. The minimum atomic E-state index is -0.488. The number of amides is 1. The minimum absolute atomic E-state index is 0.287. The second kappa shape index (κ2) is 7.76. The fourth-order valence-corrected chi connectivity index (χ4v) is 4.76. The second-order valence-electron chi connectivity index (χ2n) is 6.31. The molecule has 4 aromatic rings. The number of hydrogen-bond donors (Lipinski definition) is 1. The summed E-state index contributed by atoms with van der Waals surface area (Å²) in [6.45, 7) is 2.36. The van der Waals surface area contributed by atoms with Gasteiger partial charge in [0.1, 0.15) is 15.5 Å². The Kier molecular flexibility index (Phi) is 5.16. The monoisotopic (exact) mass is 429 g/mol. The summed E-state index contributed by atoms with van der Waals surface area (Å²) >= 11 is 2.53. The summed E-state index contributed by atoms with van der Waals surface area (Å²) in [5.74, 6) is -1.08. The van der Waals surface area contributed by atoms with Crippen molar-refractivity contribution in [3.05, 3.63) is 68.6 Å². The van der Waals surface area contributed by atoms with Crippen LogP contribution in [0.15, 0.2) is 41.8 Å². The average Bonchev–Trinajstić information content (AvgIpc) is 3.41. The first-order valence-corrected chi connectivity index (χ1v) is 10.3. The number of halogens is 1. The molecule has 0 radical (unpaired) electrons. The number of anilines is 1. The summed E-state index contributed by atoms with van der Waals surface area (Å²) in [6.07, 6.45) is 0. The van der Waals surface area contributed by atoms with Gasteiger partial charge in [0, 0.05) is 5.39 Å². The van der Waals surface area contributed by atoms with E-state index in [4.69, 9.17) is 4.74 Å². The molecule has 0 aliphatic heterocycles. The Hall–Kier alpha value is -3.04. The lowest BCUT2D eigenvalue weighted by molar-refractivity contribution is 0.0607. The van der Waals surface area contributed by atoms with Gasteiger partial charge in [-0.15, -0.1) is 22.7 Å². The van der Waals surface area contributed by atoms with Crippen molar-refractivity contribution in [2.45, 2.75) is 13.5 Å². The molecule has 0 saturated carbocycles. The van der Waals surface area contributed by atoms with Crippen LogP contribution in [-0.2, 0) is 11.3 Å². The number of nitrogens with one attached hydrogen (secondary N) is 1. The third kappa shape index (κ3) is 3.79. The van der Waals surface area contributed by atoms with Gasteiger partial charge in [-0.25, -0.2) is 9.18 Å². The van der Waals surface area contributed by atoms with Gasteiger partial charge < -0.3 is 10.1 Å². The first kappa shape index (κ1) is 19.3. The topological polar surface area (TPSA) is 73.2 Å². The predicted molar refractivity (Wildman–Crippen MR) is 111 cm³/mol. The van der Waals surface area contributed by atoms with Gasteiger partial charge in [0.2, 0.25) is 0 Å². The van der Waals surface area contributed by atoms with E-state index in [2.05, 4.69) is 10.4 Å². The van der Waals surface area contributed by atoms with E-state index in [-0.39, 0.29) is 11.7 Å². The highest BCUT2D eigenvalue weighted by Crippen LogP contribution is 2.30. The van der Waals surface area contributed by atoms with Gasteiger partial charge >= 0.3 is 5.97 Å². The van der Waals surface area contributed by atoms with Crippen molar-refractivity contribution in [2.24, 2.45) is 0 Å². The molecule has 0 aliphatic carbocycles. The van der Waals surface area contributed by atoms with Crippen LogP contribution < -0.4 is 5.32 Å². The maximum absolute atomic E-state index is 13.1. The van der Waals surface area contributed by atoms with Crippen LogP contribution in [0.25, 0.3) is 10.2 Å². The fourth-order valence-electron chi connectivity index (χ4n) is 2.94. The summed E-state index contributed by atoms with van der Waals surface area (Å²) in [4.78, 5) is 26.3. The van der Waals surface area contributed by atoms with E-state index in [0.29, 0.717) is 22.0 Å². The number of fused-ring (bicyclic) bond motifs is 1. The first-order chi connectivity index (χ1) is 14.0. The van der Waals surface area contributed by atoms with Gasteiger partial charge in [0.25, 0.3) is 5.91 Å². The molecule has 3 aromatic heterocycles. The number of ether oxygens (including phenoxy) is 1. The maximum atomic E-state index is 13.1. The third-order valence-electron chi connectivity index (χ3n) is 4.36. The molecule has 4 rings (SSSR count). The Bertz CT molecular complexity index is 1210.